The van der Waals surface area contributed by atoms with E-state index >= 15 is 0 Å². The van der Waals surface area contributed by atoms with Gasteiger partial charge in [0, 0.05) is 30.8 Å². The van der Waals surface area contributed by atoms with E-state index in [2.05, 4.69) is 0 Å². The molecule has 0 aliphatic carbocycles. The Morgan fingerprint density at radius 1 is 1.57 bits per heavy atom. The Hall–Kier alpha value is -2.15. The Labute approximate surface area is 122 Å². The van der Waals surface area contributed by atoms with Gasteiger partial charge >= 0.3 is 5.69 Å². The van der Waals surface area contributed by atoms with Gasteiger partial charge in [-0.2, -0.15) is 0 Å². The first-order valence-corrected chi connectivity index (χ1v) is 6.81. The third-order valence-corrected chi connectivity index (χ3v) is 3.88. The average Bonchev–Trinajstić information content (AvgIpc) is 2.95. The van der Waals surface area contributed by atoms with E-state index in [4.69, 9.17) is 10.5 Å². The average molecular weight is 293 g/mol. The second kappa shape index (κ2) is 6.09. The third kappa shape index (κ3) is 3.13. The van der Waals surface area contributed by atoms with E-state index in [1.165, 1.54) is 19.2 Å². The molecule has 0 saturated carbocycles. The van der Waals surface area contributed by atoms with Crippen LogP contribution in [0.5, 0.6) is 5.75 Å². The summed E-state index contributed by atoms with van der Waals surface area (Å²) in [6.45, 7) is 3.15. The Kier molecular flexibility index (Phi) is 4.42. The number of ether oxygens (including phenoxy) is 1. The fraction of sp³-hybridized carbons (Fsp3) is 0.500. The largest absolute Gasteiger partial charge is 0.490 e. The van der Waals surface area contributed by atoms with E-state index in [1.54, 1.807) is 11.0 Å². The molecule has 1 amide bonds. The lowest BCUT2D eigenvalue weighted by molar-refractivity contribution is -0.385. The highest BCUT2D eigenvalue weighted by Gasteiger charge is 2.30. The molecule has 1 aromatic carbocycles. The van der Waals surface area contributed by atoms with Crippen molar-refractivity contribution in [2.45, 2.75) is 19.4 Å². The molecule has 0 spiro atoms. The molecule has 2 N–H and O–H groups in total. The molecule has 2 rings (SSSR count). The van der Waals surface area contributed by atoms with Gasteiger partial charge in [0.25, 0.3) is 5.91 Å². The number of nitro benzene ring substituents is 1. The maximum Gasteiger partial charge on any atom is 0.311 e. The lowest BCUT2D eigenvalue weighted by Crippen LogP contribution is -2.33. The van der Waals surface area contributed by atoms with Crippen LogP contribution in [0.25, 0.3) is 0 Å². The standard InChI is InChI=1S/C14H19N3O4/c1-9(15)11-5-6-16(8-11)14(18)10-3-4-13(21-2)12(7-10)17(19)20/h3-4,7,9,11H,5-6,8,15H2,1-2H3. The molecule has 1 heterocycles. The minimum Gasteiger partial charge on any atom is -0.490 e. The molecule has 2 unspecified atom stereocenters. The first kappa shape index (κ1) is 15.2. The van der Waals surface area contributed by atoms with E-state index in [1.807, 2.05) is 6.92 Å². The number of nitrogens with two attached hydrogens (primary N) is 1. The maximum atomic E-state index is 12.4. The highest BCUT2D eigenvalue weighted by molar-refractivity contribution is 5.95. The molecule has 1 fully saturated rings. The van der Waals surface area contributed by atoms with Crippen molar-refractivity contribution in [2.24, 2.45) is 11.7 Å². The first-order valence-electron chi connectivity index (χ1n) is 6.81. The van der Waals surface area contributed by atoms with Crippen molar-refractivity contribution < 1.29 is 14.5 Å². The van der Waals surface area contributed by atoms with E-state index in [0.29, 0.717) is 18.7 Å². The van der Waals surface area contributed by atoms with Crippen molar-refractivity contribution in [3.8, 4) is 5.75 Å². The number of hydrogen-bond acceptors (Lipinski definition) is 5. The van der Waals surface area contributed by atoms with Crippen LogP contribution in [0.1, 0.15) is 23.7 Å². The zero-order valence-corrected chi connectivity index (χ0v) is 12.1. The molecule has 2 atom stereocenters. The highest BCUT2D eigenvalue weighted by atomic mass is 16.6. The molecular weight excluding hydrogens is 274 g/mol. The van der Waals surface area contributed by atoms with Crippen LogP contribution >= 0.6 is 0 Å². The Bertz CT molecular complexity index is 559. The fourth-order valence-electron chi connectivity index (χ4n) is 2.55. The third-order valence-electron chi connectivity index (χ3n) is 3.88. The van der Waals surface area contributed by atoms with Gasteiger partial charge < -0.3 is 15.4 Å². The van der Waals surface area contributed by atoms with Gasteiger partial charge in [0.2, 0.25) is 0 Å². The van der Waals surface area contributed by atoms with Gasteiger partial charge in [-0.25, -0.2) is 0 Å². The number of carbonyl (C=O) groups is 1. The quantitative estimate of drug-likeness (QED) is 0.668. The minimum absolute atomic E-state index is 0.0352. The summed E-state index contributed by atoms with van der Waals surface area (Å²) in [4.78, 5) is 24.6. The number of hydrogen-bond donors (Lipinski definition) is 1. The Morgan fingerprint density at radius 2 is 2.29 bits per heavy atom. The zero-order chi connectivity index (χ0) is 15.6. The summed E-state index contributed by atoms with van der Waals surface area (Å²) in [6.07, 6.45) is 0.863. The zero-order valence-electron chi connectivity index (χ0n) is 12.1. The van der Waals surface area contributed by atoms with Crippen molar-refractivity contribution in [3.05, 3.63) is 33.9 Å². The summed E-state index contributed by atoms with van der Waals surface area (Å²) in [5, 5.41) is 11.0. The number of nitro groups is 1. The predicted molar refractivity (Wildman–Crippen MR) is 77.3 cm³/mol. The molecule has 7 heteroatoms. The molecule has 0 bridgehead atoms. The van der Waals surface area contributed by atoms with Crippen molar-refractivity contribution in [2.75, 3.05) is 20.2 Å². The second-order valence-electron chi connectivity index (χ2n) is 5.30. The van der Waals surface area contributed by atoms with Gasteiger partial charge in [0.1, 0.15) is 0 Å². The molecule has 1 aromatic rings. The van der Waals surface area contributed by atoms with Crippen LogP contribution in [-0.4, -0.2) is 42.0 Å². The number of amides is 1. The molecule has 0 aromatic heterocycles. The smallest absolute Gasteiger partial charge is 0.311 e. The number of benzene rings is 1. The topological polar surface area (TPSA) is 98.7 Å². The van der Waals surface area contributed by atoms with Crippen molar-refractivity contribution >= 4 is 11.6 Å². The van der Waals surface area contributed by atoms with Gasteiger partial charge in [-0.3, -0.25) is 14.9 Å². The number of carbonyl (C=O) groups excluding carboxylic acids is 1. The number of rotatable bonds is 4. The number of nitrogens with zero attached hydrogens (tertiary/aromatic N) is 2. The molecule has 1 saturated heterocycles. The van der Waals surface area contributed by atoms with E-state index in [0.717, 1.165) is 6.42 Å². The number of methoxy groups -OCH3 is 1. The van der Waals surface area contributed by atoms with E-state index in [9.17, 15) is 14.9 Å². The molecule has 114 valence electrons. The van der Waals surface area contributed by atoms with Gasteiger partial charge in [-0.1, -0.05) is 0 Å². The van der Waals surface area contributed by atoms with Crippen molar-refractivity contribution in [1.29, 1.82) is 0 Å². The van der Waals surface area contributed by atoms with Crippen LogP contribution in [0.3, 0.4) is 0 Å². The summed E-state index contributed by atoms with van der Waals surface area (Å²) in [5.74, 6) is 0.220. The normalized spacial score (nSPS) is 19.4. The van der Waals surface area contributed by atoms with Crippen LogP contribution in [-0.2, 0) is 0 Å². The number of likely N-dealkylation sites (tertiary alicyclic amines) is 1. The van der Waals surface area contributed by atoms with Crippen LogP contribution in [0.15, 0.2) is 18.2 Å². The summed E-state index contributed by atoms with van der Waals surface area (Å²) in [5.41, 5.74) is 5.95. The summed E-state index contributed by atoms with van der Waals surface area (Å²) in [6, 6.07) is 4.30. The maximum absolute atomic E-state index is 12.4. The highest BCUT2D eigenvalue weighted by Crippen LogP contribution is 2.29. The van der Waals surface area contributed by atoms with Crippen LogP contribution in [0.2, 0.25) is 0 Å². The summed E-state index contributed by atoms with van der Waals surface area (Å²) in [7, 11) is 1.36. The lowest BCUT2D eigenvalue weighted by atomic mass is 10.0. The summed E-state index contributed by atoms with van der Waals surface area (Å²) >= 11 is 0. The molecule has 21 heavy (non-hydrogen) atoms. The van der Waals surface area contributed by atoms with Crippen LogP contribution in [0.4, 0.5) is 5.69 Å². The first-order chi connectivity index (χ1) is 9.93. The Balaban J connectivity index is 2.20. The van der Waals surface area contributed by atoms with Crippen LogP contribution < -0.4 is 10.5 Å². The Morgan fingerprint density at radius 3 is 2.81 bits per heavy atom. The molecule has 0 radical (unpaired) electrons. The van der Waals surface area contributed by atoms with Gasteiger partial charge in [0.05, 0.1) is 12.0 Å². The monoisotopic (exact) mass is 293 g/mol. The SMILES string of the molecule is COc1ccc(C(=O)N2CCC(C(C)N)C2)cc1[N+](=O)[O-]. The molecule has 7 nitrogen and oxygen atoms in total. The predicted octanol–water partition coefficient (Wildman–Crippen LogP) is 1.41. The van der Waals surface area contributed by atoms with Crippen molar-refractivity contribution in [1.82, 2.24) is 4.90 Å². The molecular formula is C14H19N3O4. The van der Waals surface area contributed by atoms with Crippen molar-refractivity contribution in [3.63, 3.8) is 0 Å². The second-order valence-corrected chi connectivity index (χ2v) is 5.30. The van der Waals surface area contributed by atoms with Gasteiger partial charge in [-0.15, -0.1) is 0 Å². The van der Waals surface area contributed by atoms with Gasteiger partial charge in [-0.05, 0) is 31.4 Å². The molecule has 1 aliphatic rings. The van der Waals surface area contributed by atoms with Gasteiger partial charge in [0.15, 0.2) is 5.75 Å². The van der Waals surface area contributed by atoms with Crippen LogP contribution in [0, 0.1) is 16.0 Å². The fourth-order valence-corrected chi connectivity index (χ4v) is 2.55. The lowest BCUT2D eigenvalue weighted by Gasteiger charge is -2.18. The minimum atomic E-state index is -0.551. The van der Waals surface area contributed by atoms with E-state index < -0.39 is 4.92 Å². The van der Waals surface area contributed by atoms with E-state index in [-0.39, 0.29) is 29.3 Å². The summed E-state index contributed by atoms with van der Waals surface area (Å²) < 4.78 is 4.93. The molecule has 1 aliphatic heterocycles.